The fourth-order valence-electron chi connectivity index (χ4n) is 1.76. The average Bonchev–Trinajstić information content (AvgIpc) is 2.53. The van der Waals surface area contributed by atoms with Gasteiger partial charge in [0.1, 0.15) is 5.75 Å². The van der Waals surface area contributed by atoms with Crippen molar-refractivity contribution in [1.29, 1.82) is 0 Å². The summed E-state index contributed by atoms with van der Waals surface area (Å²) in [7, 11) is 1.55. The fraction of sp³-hybridized carbons (Fsp3) is 0.500. The molecule has 0 amide bonds. The van der Waals surface area contributed by atoms with Gasteiger partial charge in [0, 0.05) is 25.4 Å². The van der Waals surface area contributed by atoms with Crippen LogP contribution in [0.3, 0.4) is 0 Å². The first-order chi connectivity index (χ1) is 10.2. The van der Waals surface area contributed by atoms with E-state index in [0.29, 0.717) is 17.9 Å². The molecule has 0 aliphatic carbocycles. The molecule has 0 fully saturated rings. The van der Waals surface area contributed by atoms with Gasteiger partial charge in [0.15, 0.2) is 5.84 Å². The summed E-state index contributed by atoms with van der Waals surface area (Å²) in [5.74, 6) is 2.60. The molecule has 7 heteroatoms. The van der Waals surface area contributed by atoms with Crippen molar-refractivity contribution in [2.75, 3.05) is 31.8 Å². The number of benzene rings is 1. The third-order valence-electron chi connectivity index (χ3n) is 2.85. The Morgan fingerprint density at radius 2 is 2.24 bits per heavy atom. The van der Waals surface area contributed by atoms with E-state index in [0.717, 1.165) is 30.0 Å². The van der Waals surface area contributed by atoms with Gasteiger partial charge in [0.05, 0.1) is 12.7 Å². The molecule has 0 saturated heterocycles. The van der Waals surface area contributed by atoms with Crippen molar-refractivity contribution in [2.45, 2.75) is 13.0 Å². The van der Waals surface area contributed by atoms with Crippen LogP contribution in [0.1, 0.15) is 17.5 Å². The second-order valence-corrected chi connectivity index (χ2v) is 5.61. The fourth-order valence-corrected chi connectivity index (χ4v) is 2.59. The molecule has 1 aromatic carbocycles. The largest absolute Gasteiger partial charge is 0.496 e. The first kappa shape index (κ1) is 17.6. The van der Waals surface area contributed by atoms with E-state index in [2.05, 4.69) is 10.5 Å². The van der Waals surface area contributed by atoms with Crippen molar-refractivity contribution in [2.24, 2.45) is 10.9 Å². The lowest BCUT2D eigenvalue weighted by Crippen LogP contribution is -2.18. The second kappa shape index (κ2) is 10.3. The highest BCUT2D eigenvalue weighted by molar-refractivity contribution is 7.99. The number of thioether (sulfide) groups is 1. The van der Waals surface area contributed by atoms with Gasteiger partial charge in [0.2, 0.25) is 0 Å². The highest BCUT2D eigenvalue weighted by Gasteiger charge is 2.08. The number of amidine groups is 1. The van der Waals surface area contributed by atoms with E-state index >= 15 is 0 Å². The van der Waals surface area contributed by atoms with E-state index in [1.807, 2.05) is 23.9 Å². The minimum Gasteiger partial charge on any atom is -0.496 e. The number of aliphatic hydroxyl groups excluding tert-OH is 1. The molecule has 0 unspecified atom stereocenters. The van der Waals surface area contributed by atoms with Crippen molar-refractivity contribution in [3.05, 3.63) is 29.3 Å². The van der Waals surface area contributed by atoms with E-state index in [1.165, 1.54) is 0 Å². The number of nitrogens with one attached hydrogen (secondary N) is 1. The molecule has 0 aromatic heterocycles. The van der Waals surface area contributed by atoms with Crippen molar-refractivity contribution >= 4 is 17.6 Å². The van der Waals surface area contributed by atoms with Gasteiger partial charge < -0.3 is 26.1 Å². The van der Waals surface area contributed by atoms with Crippen LogP contribution in [-0.2, 0) is 6.54 Å². The Kier molecular flexibility index (Phi) is 8.65. The molecule has 0 radical (unpaired) electrons. The van der Waals surface area contributed by atoms with E-state index in [4.69, 9.17) is 20.8 Å². The smallest absolute Gasteiger partial charge is 0.173 e. The molecular weight excluding hydrogens is 290 g/mol. The number of ether oxygens (including phenoxy) is 1. The third kappa shape index (κ3) is 6.24. The van der Waals surface area contributed by atoms with E-state index < -0.39 is 0 Å². The van der Waals surface area contributed by atoms with Gasteiger partial charge in [-0.1, -0.05) is 11.2 Å². The van der Waals surface area contributed by atoms with Crippen LogP contribution in [0.25, 0.3) is 0 Å². The summed E-state index contributed by atoms with van der Waals surface area (Å²) in [6, 6.07) is 5.60. The Morgan fingerprint density at radius 3 is 2.90 bits per heavy atom. The Morgan fingerprint density at radius 1 is 1.43 bits per heavy atom. The summed E-state index contributed by atoms with van der Waals surface area (Å²) in [6.07, 6.45) is 0.840. The average molecular weight is 313 g/mol. The van der Waals surface area contributed by atoms with E-state index in [-0.39, 0.29) is 12.4 Å². The van der Waals surface area contributed by atoms with Crippen LogP contribution < -0.4 is 15.8 Å². The topological polar surface area (TPSA) is 100 Å². The Hall–Kier alpha value is -1.44. The van der Waals surface area contributed by atoms with Crippen molar-refractivity contribution in [3.8, 4) is 5.75 Å². The summed E-state index contributed by atoms with van der Waals surface area (Å²) in [5, 5.41) is 23.8. The molecule has 0 aliphatic rings. The van der Waals surface area contributed by atoms with Gasteiger partial charge in [-0.05, 0) is 29.9 Å². The van der Waals surface area contributed by atoms with Crippen LogP contribution in [0.2, 0.25) is 0 Å². The van der Waals surface area contributed by atoms with Crippen LogP contribution in [-0.4, -0.2) is 47.9 Å². The third-order valence-corrected chi connectivity index (χ3v) is 3.92. The SMILES string of the molecule is COc1ccc(CNCCSCCCO)cc1/C(N)=N/O. The molecule has 0 aliphatic heterocycles. The standard InChI is InChI=1S/C14H23N3O3S/c1-20-13-4-3-11(9-12(13)14(15)17-19)10-16-5-8-21-7-2-6-18/h3-4,9,16,18-19H,2,5-8,10H2,1H3,(H2,15,17). The number of hydrogen-bond donors (Lipinski definition) is 4. The van der Waals surface area contributed by atoms with Crippen molar-refractivity contribution < 1.29 is 15.1 Å². The normalized spacial score (nSPS) is 11.6. The van der Waals surface area contributed by atoms with Crippen LogP contribution in [0.5, 0.6) is 5.75 Å². The zero-order valence-electron chi connectivity index (χ0n) is 12.2. The molecule has 0 saturated carbocycles. The van der Waals surface area contributed by atoms with Crippen LogP contribution in [0.4, 0.5) is 0 Å². The Bertz CT molecular complexity index is 455. The van der Waals surface area contributed by atoms with Crippen LogP contribution in [0, 0.1) is 0 Å². The number of hydrogen-bond acceptors (Lipinski definition) is 6. The molecule has 0 bridgehead atoms. The van der Waals surface area contributed by atoms with Crippen molar-refractivity contribution in [3.63, 3.8) is 0 Å². The summed E-state index contributed by atoms with van der Waals surface area (Å²) >= 11 is 1.82. The van der Waals surface area contributed by atoms with Gasteiger partial charge in [-0.2, -0.15) is 11.8 Å². The number of methoxy groups -OCH3 is 1. The molecule has 118 valence electrons. The maximum Gasteiger partial charge on any atom is 0.173 e. The van der Waals surface area contributed by atoms with Gasteiger partial charge in [-0.3, -0.25) is 0 Å². The predicted octanol–water partition coefficient (Wildman–Crippen LogP) is 0.995. The summed E-state index contributed by atoms with van der Waals surface area (Å²) in [6.45, 7) is 1.85. The molecule has 5 N–H and O–H groups in total. The number of nitrogens with zero attached hydrogens (tertiary/aromatic N) is 1. The lowest BCUT2D eigenvalue weighted by Gasteiger charge is -2.10. The van der Waals surface area contributed by atoms with Crippen molar-refractivity contribution in [1.82, 2.24) is 5.32 Å². The van der Waals surface area contributed by atoms with Gasteiger partial charge in [-0.25, -0.2) is 0 Å². The molecule has 0 spiro atoms. The van der Waals surface area contributed by atoms with Gasteiger partial charge in [-0.15, -0.1) is 0 Å². The highest BCUT2D eigenvalue weighted by Crippen LogP contribution is 2.19. The molecule has 6 nitrogen and oxygen atoms in total. The lowest BCUT2D eigenvalue weighted by atomic mass is 10.1. The minimum atomic E-state index is 0.0354. The monoisotopic (exact) mass is 313 g/mol. The first-order valence-electron chi connectivity index (χ1n) is 6.77. The summed E-state index contributed by atoms with van der Waals surface area (Å²) in [5.41, 5.74) is 7.26. The molecule has 1 aromatic rings. The number of rotatable bonds is 10. The molecule has 0 heterocycles. The Balaban J connectivity index is 2.45. The minimum absolute atomic E-state index is 0.0354. The number of nitrogens with two attached hydrogens (primary N) is 1. The maximum absolute atomic E-state index is 8.79. The molecular formula is C14H23N3O3S. The Labute approximate surface area is 129 Å². The summed E-state index contributed by atoms with van der Waals surface area (Å²) in [4.78, 5) is 0. The first-order valence-corrected chi connectivity index (χ1v) is 7.92. The van der Waals surface area contributed by atoms with Crippen LogP contribution >= 0.6 is 11.8 Å². The molecule has 0 atom stereocenters. The number of aliphatic hydroxyl groups is 1. The zero-order chi connectivity index (χ0) is 15.5. The highest BCUT2D eigenvalue weighted by atomic mass is 32.2. The molecule has 1 rings (SSSR count). The zero-order valence-corrected chi connectivity index (χ0v) is 13.0. The summed E-state index contributed by atoms with van der Waals surface area (Å²) < 4.78 is 5.19. The quantitative estimate of drug-likeness (QED) is 0.169. The number of oxime groups is 1. The van der Waals surface area contributed by atoms with E-state index in [9.17, 15) is 0 Å². The second-order valence-electron chi connectivity index (χ2n) is 4.39. The van der Waals surface area contributed by atoms with Gasteiger partial charge >= 0.3 is 0 Å². The van der Waals surface area contributed by atoms with Gasteiger partial charge in [0.25, 0.3) is 0 Å². The lowest BCUT2D eigenvalue weighted by molar-refractivity contribution is 0.296. The molecule has 21 heavy (non-hydrogen) atoms. The maximum atomic E-state index is 8.79. The predicted molar refractivity (Wildman–Crippen MR) is 86.2 cm³/mol. The van der Waals surface area contributed by atoms with E-state index in [1.54, 1.807) is 13.2 Å². The van der Waals surface area contributed by atoms with Crippen LogP contribution in [0.15, 0.2) is 23.4 Å².